The fraction of sp³-hybridized carbons (Fsp3) is 0. The zero-order chi connectivity index (χ0) is 14.7. The van der Waals surface area contributed by atoms with Gasteiger partial charge in [-0.25, -0.2) is 8.78 Å². The molecule has 0 aliphatic rings. The maximum Gasteiger partial charge on any atom is 0.195 e. The fourth-order valence-corrected chi connectivity index (χ4v) is 2.21. The van der Waals surface area contributed by atoms with E-state index in [0.29, 0.717) is 5.56 Å². The summed E-state index contributed by atoms with van der Waals surface area (Å²) < 4.78 is 25.7. The van der Waals surface area contributed by atoms with Gasteiger partial charge in [-0.2, -0.15) is 0 Å². The molecule has 2 rings (SSSR count). The van der Waals surface area contributed by atoms with Crippen LogP contribution in [0, 0.1) is 11.6 Å². The van der Waals surface area contributed by atoms with Crippen molar-refractivity contribution in [3.05, 3.63) is 63.4 Å². The molecule has 0 aliphatic heterocycles. The van der Waals surface area contributed by atoms with Crippen LogP contribution in [0.3, 0.4) is 0 Å². The van der Waals surface area contributed by atoms with Crippen molar-refractivity contribution in [3.8, 4) is 0 Å². The van der Waals surface area contributed by atoms with Crippen LogP contribution in [0.5, 0.6) is 0 Å². The van der Waals surface area contributed by atoms with Crippen molar-refractivity contribution in [1.82, 2.24) is 0 Å². The average molecular weight is 293 g/mol. The largest absolute Gasteiger partial charge is 0.544 e. The molecule has 0 radical (unpaired) electrons. The molecule has 0 amide bonds. The van der Waals surface area contributed by atoms with Crippen LogP contribution in [-0.4, -0.2) is 11.8 Å². The number of carboxylic acid groups (broad SMARTS) is 1. The molecule has 0 unspecified atom stereocenters. The Kier molecular flexibility index (Phi) is 4.05. The summed E-state index contributed by atoms with van der Waals surface area (Å²) in [6.07, 6.45) is 2.49. The highest BCUT2D eigenvalue weighted by Crippen LogP contribution is 2.17. The van der Waals surface area contributed by atoms with Crippen molar-refractivity contribution in [3.63, 3.8) is 0 Å². The van der Waals surface area contributed by atoms with E-state index in [0.717, 1.165) is 29.5 Å². The molecule has 2 aromatic rings. The second-order valence-corrected chi connectivity index (χ2v) is 4.91. The number of carboxylic acids is 1. The molecule has 0 aliphatic carbocycles. The molecule has 1 aromatic heterocycles. The molecule has 0 saturated heterocycles. The summed E-state index contributed by atoms with van der Waals surface area (Å²) >= 11 is 0.793. The summed E-state index contributed by atoms with van der Waals surface area (Å²) in [7, 11) is 0. The monoisotopic (exact) mass is 293 g/mol. The minimum atomic E-state index is -1.35. The Morgan fingerprint density at radius 2 is 1.75 bits per heavy atom. The number of benzene rings is 1. The lowest BCUT2D eigenvalue weighted by Crippen LogP contribution is -2.20. The van der Waals surface area contributed by atoms with Gasteiger partial charge in [0.2, 0.25) is 0 Å². The Bertz CT molecular complexity index is 704. The van der Waals surface area contributed by atoms with Crippen molar-refractivity contribution in [2.24, 2.45) is 0 Å². The minimum Gasteiger partial charge on any atom is -0.544 e. The molecular formula is C14H7F2O3S-. The summed E-state index contributed by atoms with van der Waals surface area (Å²) in [5.41, 5.74) is 0.328. The van der Waals surface area contributed by atoms with Crippen LogP contribution in [0.4, 0.5) is 8.78 Å². The van der Waals surface area contributed by atoms with Gasteiger partial charge in [0.15, 0.2) is 17.4 Å². The first-order chi connectivity index (χ1) is 9.47. The van der Waals surface area contributed by atoms with E-state index in [9.17, 15) is 23.5 Å². The topological polar surface area (TPSA) is 57.2 Å². The molecule has 20 heavy (non-hydrogen) atoms. The predicted octanol–water partition coefficient (Wildman–Crippen LogP) is 2.29. The molecule has 0 spiro atoms. The van der Waals surface area contributed by atoms with Gasteiger partial charge in [-0.1, -0.05) is 12.1 Å². The van der Waals surface area contributed by atoms with Crippen LogP contribution in [0.2, 0.25) is 0 Å². The summed E-state index contributed by atoms with van der Waals surface area (Å²) in [5.74, 6) is -3.74. The molecule has 1 heterocycles. The van der Waals surface area contributed by atoms with E-state index in [4.69, 9.17) is 0 Å². The number of halogens is 2. The fourth-order valence-electron chi connectivity index (χ4n) is 1.45. The maximum absolute atomic E-state index is 13.0. The molecule has 6 heteroatoms. The zero-order valence-electron chi connectivity index (χ0n) is 9.93. The lowest BCUT2D eigenvalue weighted by Gasteiger charge is -1.95. The van der Waals surface area contributed by atoms with Crippen molar-refractivity contribution < 1.29 is 23.5 Å². The van der Waals surface area contributed by atoms with E-state index in [1.54, 1.807) is 0 Å². The molecule has 3 nitrogen and oxygen atoms in total. The van der Waals surface area contributed by atoms with E-state index in [-0.39, 0.29) is 9.75 Å². The van der Waals surface area contributed by atoms with Gasteiger partial charge < -0.3 is 9.90 Å². The Labute approximate surface area is 116 Å². The first-order valence-corrected chi connectivity index (χ1v) is 6.27. The number of thiophene rings is 1. The smallest absolute Gasteiger partial charge is 0.195 e. The molecule has 0 fully saturated rings. The first-order valence-electron chi connectivity index (χ1n) is 5.46. The highest BCUT2D eigenvalue weighted by Gasteiger charge is 2.07. The van der Waals surface area contributed by atoms with Gasteiger partial charge in [0, 0.05) is 0 Å². The molecule has 102 valence electrons. The van der Waals surface area contributed by atoms with Crippen LogP contribution in [0.25, 0.3) is 6.08 Å². The SMILES string of the molecule is O=C([O-])c1ccc(C(=O)/C=C/c2ccc(F)c(F)c2)s1. The van der Waals surface area contributed by atoms with E-state index in [1.165, 1.54) is 24.3 Å². The van der Waals surface area contributed by atoms with Gasteiger partial charge in [0.25, 0.3) is 0 Å². The lowest BCUT2D eigenvalue weighted by molar-refractivity contribution is -0.254. The van der Waals surface area contributed by atoms with Crippen LogP contribution in [0.15, 0.2) is 36.4 Å². The highest BCUT2D eigenvalue weighted by molar-refractivity contribution is 7.16. The molecular weight excluding hydrogens is 286 g/mol. The average Bonchev–Trinajstić information content (AvgIpc) is 2.89. The van der Waals surface area contributed by atoms with Gasteiger partial charge in [-0.15, -0.1) is 11.3 Å². The number of allylic oxidation sites excluding steroid dienone is 1. The predicted molar refractivity (Wildman–Crippen MR) is 68.4 cm³/mol. The number of rotatable bonds is 4. The standard InChI is InChI=1S/C14H8F2O3S/c15-9-3-1-8(7-10(9)16)2-4-11(17)12-5-6-13(20-12)14(18)19/h1-7H,(H,18,19)/p-1/b4-2+. The van der Waals surface area contributed by atoms with Crippen LogP contribution in [0.1, 0.15) is 24.9 Å². The van der Waals surface area contributed by atoms with Crippen molar-refractivity contribution in [1.29, 1.82) is 0 Å². The number of carbonyl (C=O) groups is 2. The highest BCUT2D eigenvalue weighted by atomic mass is 32.1. The van der Waals surface area contributed by atoms with Gasteiger partial charge in [0.1, 0.15) is 0 Å². The molecule has 1 aromatic carbocycles. The number of ketones is 1. The van der Waals surface area contributed by atoms with Crippen LogP contribution >= 0.6 is 11.3 Å². The third-order valence-corrected chi connectivity index (χ3v) is 3.50. The van der Waals surface area contributed by atoms with Gasteiger partial charge in [-0.3, -0.25) is 4.79 Å². The van der Waals surface area contributed by atoms with E-state index >= 15 is 0 Å². The normalized spacial score (nSPS) is 10.9. The second kappa shape index (κ2) is 5.75. The number of carbonyl (C=O) groups excluding carboxylic acids is 2. The van der Waals surface area contributed by atoms with Gasteiger partial charge >= 0.3 is 0 Å². The Hall–Kier alpha value is -2.34. The van der Waals surface area contributed by atoms with Crippen LogP contribution in [-0.2, 0) is 0 Å². The quantitative estimate of drug-likeness (QED) is 0.642. The van der Waals surface area contributed by atoms with Crippen molar-refractivity contribution >= 4 is 29.2 Å². The van der Waals surface area contributed by atoms with E-state index < -0.39 is 23.4 Å². The first kappa shape index (κ1) is 14.1. The molecule has 0 saturated carbocycles. The van der Waals surface area contributed by atoms with Gasteiger partial charge in [-0.05, 0) is 35.9 Å². The zero-order valence-corrected chi connectivity index (χ0v) is 10.7. The number of hydrogen-bond acceptors (Lipinski definition) is 4. The summed E-state index contributed by atoms with van der Waals surface area (Å²) in [6.45, 7) is 0. The Morgan fingerprint density at radius 3 is 2.35 bits per heavy atom. The third-order valence-electron chi connectivity index (χ3n) is 2.42. The molecule has 0 N–H and O–H groups in total. The molecule has 0 atom stereocenters. The minimum absolute atomic E-state index is 0.0467. The van der Waals surface area contributed by atoms with Crippen molar-refractivity contribution in [2.75, 3.05) is 0 Å². The van der Waals surface area contributed by atoms with Gasteiger partial charge in [0.05, 0.1) is 15.7 Å². The lowest BCUT2D eigenvalue weighted by atomic mass is 10.2. The Balaban J connectivity index is 2.15. The maximum atomic E-state index is 13.0. The molecule has 0 bridgehead atoms. The second-order valence-electron chi connectivity index (χ2n) is 3.82. The Morgan fingerprint density at radius 1 is 1.05 bits per heavy atom. The number of aromatic carboxylic acids is 1. The summed E-state index contributed by atoms with van der Waals surface area (Å²) in [6, 6.07) is 5.88. The van der Waals surface area contributed by atoms with Crippen molar-refractivity contribution in [2.45, 2.75) is 0 Å². The van der Waals surface area contributed by atoms with Crippen LogP contribution < -0.4 is 5.11 Å². The number of hydrogen-bond donors (Lipinski definition) is 0. The summed E-state index contributed by atoms with van der Waals surface area (Å²) in [4.78, 5) is 22.5. The third kappa shape index (κ3) is 3.16. The summed E-state index contributed by atoms with van der Waals surface area (Å²) in [5, 5.41) is 10.6. The van der Waals surface area contributed by atoms with E-state index in [1.807, 2.05) is 0 Å². The van der Waals surface area contributed by atoms with E-state index in [2.05, 4.69) is 0 Å².